The average Bonchev–Trinajstić information content (AvgIpc) is 3.09. The predicted octanol–water partition coefficient (Wildman–Crippen LogP) is 5.36. The van der Waals surface area contributed by atoms with E-state index in [0.29, 0.717) is 6.04 Å². The van der Waals surface area contributed by atoms with E-state index in [1.165, 1.54) is 43.4 Å². The van der Waals surface area contributed by atoms with Crippen molar-refractivity contribution in [2.45, 2.75) is 57.9 Å². The van der Waals surface area contributed by atoms with Crippen LogP contribution in [-0.2, 0) is 19.3 Å². The number of thiophene rings is 2. The first-order chi connectivity index (χ1) is 10.4. The lowest BCUT2D eigenvalue weighted by atomic mass is 10.1. The number of fused-ring (bicyclic) bond motifs is 1. The molecule has 0 radical (unpaired) electrons. The van der Waals surface area contributed by atoms with Gasteiger partial charge in [0, 0.05) is 27.1 Å². The topological polar surface area (TPSA) is 12.0 Å². The Labute approximate surface area is 136 Å². The lowest BCUT2D eigenvalue weighted by Crippen LogP contribution is -2.23. The van der Waals surface area contributed by atoms with E-state index in [-0.39, 0.29) is 0 Å². The first-order valence-electron chi connectivity index (χ1n) is 8.24. The normalized spacial score (nSPS) is 16.4. The molecule has 2 heterocycles. The molecule has 1 aliphatic rings. The van der Waals surface area contributed by atoms with E-state index in [0.717, 1.165) is 13.0 Å². The number of hydrogen-bond acceptors (Lipinski definition) is 3. The van der Waals surface area contributed by atoms with Crippen molar-refractivity contribution in [3.63, 3.8) is 0 Å². The molecular weight excluding hydrogens is 294 g/mol. The van der Waals surface area contributed by atoms with Crippen LogP contribution in [0.3, 0.4) is 0 Å². The third kappa shape index (κ3) is 3.97. The van der Waals surface area contributed by atoms with Gasteiger partial charge in [-0.15, -0.1) is 22.7 Å². The van der Waals surface area contributed by atoms with Crippen LogP contribution in [0.2, 0.25) is 0 Å². The molecule has 3 rings (SSSR count). The highest BCUT2D eigenvalue weighted by molar-refractivity contribution is 7.12. The van der Waals surface area contributed by atoms with Crippen LogP contribution in [0.15, 0.2) is 23.6 Å². The SMILES string of the molecule is CCCNC(Cc1cccs1)c1cc2c(s1)CCCCC2. The summed E-state index contributed by atoms with van der Waals surface area (Å²) in [7, 11) is 0. The quantitative estimate of drug-likeness (QED) is 0.707. The van der Waals surface area contributed by atoms with E-state index in [1.807, 2.05) is 11.3 Å². The van der Waals surface area contributed by atoms with Crippen molar-refractivity contribution < 1.29 is 0 Å². The molecular formula is C18H25NS2. The van der Waals surface area contributed by atoms with Gasteiger partial charge in [0.2, 0.25) is 0 Å². The van der Waals surface area contributed by atoms with Gasteiger partial charge >= 0.3 is 0 Å². The van der Waals surface area contributed by atoms with Gasteiger partial charge in [0.25, 0.3) is 0 Å². The van der Waals surface area contributed by atoms with E-state index >= 15 is 0 Å². The molecule has 1 nitrogen and oxygen atoms in total. The molecule has 1 atom stereocenters. The summed E-state index contributed by atoms with van der Waals surface area (Å²) < 4.78 is 0. The molecule has 0 fully saturated rings. The fraction of sp³-hybridized carbons (Fsp3) is 0.556. The molecule has 1 N–H and O–H groups in total. The highest BCUT2D eigenvalue weighted by atomic mass is 32.1. The highest BCUT2D eigenvalue weighted by Crippen LogP contribution is 2.34. The van der Waals surface area contributed by atoms with Crippen LogP contribution in [0.25, 0.3) is 0 Å². The highest BCUT2D eigenvalue weighted by Gasteiger charge is 2.19. The van der Waals surface area contributed by atoms with E-state index < -0.39 is 0 Å². The lowest BCUT2D eigenvalue weighted by molar-refractivity contribution is 0.539. The van der Waals surface area contributed by atoms with E-state index in [9.17, 15) is 0 Å². The molecule has 1 aliphatic carbocycles. The molecule has 1 unspecified atom stereocenters. The summed E-state index contributed by atoms with van der Waals surface area (Å²) >= 11 is 3.95. The standard InChI is InChI=1S/C18H25NS2/c1-2-10-19-16(13-15-8-6-11-20-15)18-12-14-7-4-3-5-9-17(14)21-18/h6,8,11-12,16,19H,2-5,7,9-10,13H2,1H3. The second-order valence-corrected chi connectivity index (χ2v) is 8.15. The van der Waals surface area contributed by atoms with Crippen LogP contribution in [0.1, 0.15) is 58.8 Å². The van der Waals surface area contributed by atoms with Crippen molar-refractivity contribution in [3.05, 3.63) is 43.8 Å². The van der Waals surface area contributed by atoms with Crippen molar-refractivity contribution in [2.75, 3.05) is 6.54 Å². The Balaban J connectivity index is 1.78. The van der Waals surface area contributed by atoms with Crippen molar-refractivity contribution >= 4 is 22.7 Å². The first kappa shape index (κ1) is 15.3. The number of nitrogens with one attached hydrogen (secondary N) is 1. The van der Waals surface area contributed by atoms with Gasteiger partial charge in [-0.1, -0.05) is 19.4 Å². The summed E-state index contributed by atoms with van der Waals surface area (Å²) in [5.41, 5.74) is 1.64. The van der Waals surface area contributed by atoms with E-state index in [1.54, 1.807) is 15.3 Å². The van der Waals surface area contributed by atoms with Gasteiger partial charge in [0.15, 0.2) is 0 Å². The Kier molecular flexibility index (Phi) is 5.50. The minimum absolute atomic E-state index is 0.500. The molecule has 0 saturated carbocycles. The smallest absolute Gasteiger partial charge is 0.0463 e. The summed E-state index contributed by atoms with van der Waals surface area (Å²) in [5, 5.41) is 5.96. The Hall–Kier alpha value is -0.640. The average molecular weight is 320 g/mol. The second kappa shape index (κ2) is 7.57. The summed E-state index contributed by atoms with van der Waals surface area (Å²) in [6.45, 7) is 3.36. The zero-order valence-corrected chi connectivity index (χ0v) is 14.5. The third-order valence-electron chi connectivity index (χ3n) is 4.24. The van der Waals surface area contributed by atoms with Gasteiger partial charge in [-0.05, 0) is 61.7 Å². The van der Waals surface area contributed by atoms with Gasteiger partial charge < -0.3 is 5.32 Å². The van der Waals surface area contributed by atoms with Crippen LogP contribution >= 0.6 is 22.7 Å². The molecule has 3 heteroatoms. The second-order valence-electron chi connectivity index (χ2n) is 5.95. The molecule has 114 valence electrons. The predicted molar refractivity (Wildman–Crippen MR) is 94.6 cm³/mol. The molecule has 0 bridgehead atoms. The van der Waals surface area contributed by atoms with Gasteiger partial charge in [-0.25, -0.2) is 0 Å². The molecule has 0 saturated heterocycles. The lowest BCUT2D eigenvalue weighted by Gasteiger charge is -2.16. The Morgan fingerprint density at radius 1 is 1.24 bits per heavy atom. The van der Waals surface area contributed by atoms with Crippen molar-refractivity contribution in [3.8, 4) is 0 Å². The van der Waals surface area contributed by atoms with Crippen LogP contribution in [-0.4, -0.2) is 6.54 Å². The van der Waals surface area contributed by atoms with E-state index in [2.05, 4.69) is 47.2 Å². The number of hydrogen-bond donors (Lipinski definition) is 1. The maximum atomic E-state index is 3.77. The number of aryl methyl sites for hydroxylation is 2. The Morgan fingerprint density at radius 3 is 2.95 bits per heavy atom. The monoisotopic (exact) mass is 319 g/mol. The summed E-state index contributed by atoms with van der Waals surface area (Å²) in [4.78, 5) is 4.72. The molecule has 0 aliphatic heterocycles. The summed E-state index contributed by atoms with van der Waals surface area (Å²) in [6, 6.07) is 7.44. The van der Waals surface area contributed by atoms with Gasteiger partial charge in [0.1, 0.15) is 0 Å². The minimum atomic E-state index is 0.500. The molecule has 0 aromatic carbocycles. The van der Waals surface area contributed by atoms with Gasteiger partial charge in [-0.2, -0.15) is 0 Å². The van der Waals surface area contributed by atoms with Crippen molar-refractivity contribution in [1.29, 1.82) is 0 Å². The fourth-order valence-corrected chi connectivity index (χ4v) is 5.17. The zero-order valence-electron chi connectivity index (χ0n) is 12.9. The third-order valence-corrected chi connectivity index (χ3v) is 6.48. The molecule has 21 heavy (non-hydrogen) atoms. The first-order valence-corrected chi connectivity index (χ1v) is 9.93. The maximum absolute atomic E-state index is 3.77. The van der Waals surface area contributed by atoms with Crippen LogP contribution in [0.4, 0.5) is 0 Å². The minimum Gasteiger partial charge on any atom is -0.309 e. The van der Waals surface area contributed by atoms with Crippen LogP contribution in [0, 0.1) is 0 Å². The zero-order chi connectivity index (χ0) is 14.5. The van der Waals surface area contributed by atoms with Crippen LogP contribution in [0.5, 0.6) is 0 Å². The van der Waals surface area contributed by atoms with Crippen molar-refractivity contribution in [2.24, 2.45) is 0 Å². The Morgan fingerprint density at radius 2 is 2.14 bits per heavy atom. The fourth-order valence-electron chi connectivity index (χ4n) is 3.08. The largest absolute Gasteiger partial charge is 0.309 e. The molecule has 0 amide bonds. The number of rotatable bonds is 6. The van der Waals surface area contributed by atoms with E-state index in [4.69, 9.17) is 0 Å². The summed E-state index contributed by atoms with van der Waals surface area (Å²) in [6.07, 6.45) is 9.10. The Bertz CT molecular complexity index is 518. The maximum Gasteiger partial charge on any atom is 0.0463 e. The van der Waals surface area contributed by atoms with Crippen molar-refractivity contribution in [1.82, 2.24) is 5.32 Å². The summed E-state index contributed by atoms with van der Waals surface area (Å²) in [5.74, 6) is 0. The molecule has 0 spiro atoms. The molecule has 2 aromatic rings. The van der Waals surface area contributed by atoms with Crippen LogP contribution < -0.4 is 5.32 Å². The molecule has 2 aromatic heterocycles. The van der Waals surface area contributed by atoms with Gasteiger partial charge in [0.05, 0.1) is 0 Å². The van der Waals surface area contributed by atoms with Gasteiger partial charge in [-0.3, -0.25) is 0 Å².